The molecule has 7 heteroatoms. The van der Waals surface area contributed by atoms with Gasteiger partial charge in [0.1, 0.15) is 5.82 Å². The van der Waals surface area contributed by atoms with Crippen LogP contribution in [0.15, 0.2) is 66.3 Å². The molecule has 0 aliphatic carbocycles. The smallest absolute Gasteiger partial charge is 0.337 e. The molecule has 3 aromatic rings. The van der Waals surface area contributed by atoms with Crippen LogP contribution in [0.5, 0.6) is 0 Å². The van der Waals surface area contributed by atoms with E-state index in [4.69, 9.17) is 4.74 Å². The average molecular weight is 383 g/mol. The van der Waals surface area contributed by atoms with E-state index in [-0.39, 0.29) is 11.8 Å². The minimum atomic E-state index is -0.366. The fourth-order valence-corrected chi connectivity index (χ4v) is 3.44. The Morgan fingerprint density at radius 2 is 1.96 bits per heavy atom. The van der Waals surface area contributed by atoms with Gasteiger partial charge in [0.2, 0.25) is 0 Å². The Balaban J connectivity index is 1.80. The van der Waals surface area contributed by atoms with Crippen molar-refractivity contribution in [3.63, 3.8) is 0 Å². The molecule has 27 heavy (non-hydrogen) atoms. The van der Waals surface area contributed by atoms with Gasteiger partial charge in [0, 0.05) is 12.3 Å². The van der Waals surface area contributed by atoms with Gasteiger partial charge >= 0.3 is 5.97 Å². The zero-order valence-electron chi connectivity index (χ0n) is 14.8. The second kappa shape index (κ2) is 8.64. The molecule has 138 valence electrons. The lowest BCUT2D eigenvalue weighted by atomic mass is 10.1. The number of allylic oxidation sites excluding steroid dienone is 1. The van der Waals surface area contributed by atoms with Gasteiger partial charge in [-0.15, -0.1) is 16.8 Å². The number of nitrogens with zero attached hydrogens (tertiary/aromatic N) is 3. The molecular weight excluding hydrogens is 365 g/mol. The lowest BCUT2D eigenvalue weighted by Gasteiger charge is -2.08. The topological polar surface area (TPSA) is 57.0 Å². The first-order chi connectivity index (χ1) is 13.1. The highest BCUT2D eigenvalue weighted by Crippen LogP contribution is 2.28. The van der Waals surface area contributed by atoms with Gasteiger partial charge in [-0.05, 0) is 29.8 Å². The molecule has 0 atom stereocenters. The van der Waals surface area contributed by atoms with E-state index >= 15 is 0 Å². The van der Waals surface area contributed by atoms with Crippen molar-refractivity contribution in [1.82, 2.24) is 14.8 Å². The van der Waals surface area contributed by atoms with Gasteiger partial charge in [-0.1, -0.05) is 42.1 Å². The van der Waals surface area contributed by atoms with Gasteiger partial charge in [0.15, 0.2) is 11.0 Å². The van der Waals surface area contributed by atoms with Crippen LogP contribution in [-0.4, -0.2) is 27.8 Å². The van der Waals surface area contributed by atoms with E-state index in [0.717, 1.165) is 5.56 Å². The number of halogens is 1. The van der Waals surface area contributed by atoms with E-state index in [9.17, 15) is 9.18 Å². The Morgan fingerprint density at radius 3 is 2.63 bits per heavy atom. The molecule has 0 radical (unpaired) electrons. The van der Waals surface area contributed by atoms with Crippen molar-refractivity contribution in [3.8, 4) is 11.4 Å². The number of carbonyl (C=O) groups excluding carboxylic acids is 1. The zero-order valence-corrected chi connectivity index (χ0v) is 15.6. The summed E-state index contributed by atoms with van der Waals surface area (Å²) in [5.74, 6) is 0.393. The lowest BCUT2D eigenvalue weighted by Crippen LogP contribution is -2.02. The van der Waals surface area contributed by atoms with Crippen LogP contribution in [0, 0.1) is 5.82 Å². The predicted molar refractivity (Wildman–Crippen MR) is 103 cm³/mol. The fraction of sp³-hybridized carbons (Fsp3) is 0.150. The molecule has 0 bridgehead atoms. The summed E-state index contributed by atoms with van der Waals surface area (Å²) in [7, 11) is 1.35. The molecule has 0 aliphatic heterocycles. The molecule has 0 unspecified atom stereocenters. The molecule has 3 rings (SSSR count). The van der Waals surface area contributed by atoms with Crippen molar-refractivity contribution in [2.24, 2.45) is 0 Å². The molecule has 1 heterocycles. The Hall–Kier alpha value is -2.93. The number of thioether (sulfide) groups is 1. The molecule has 2 aromatic carbocycles. The molecule has 0 saturated heterocycles. The monoisotopic (exact) mass is 383 g/mol. The van der Waals surface area contributed by atoms with Crippen molar-refractivity contribution in [3.05, 3.63) is 78.1 Å². The minimum Gasteiger partial charge on any atom is -0.465 e. The Kier molecular flexibility index (Phi) is 6.03. The number of aromatic nitrogens is 3. The van der Waals surface area contributed by atoms with Crippen molar-refractivity contribution >= 4 is 17.7 Å². The standard InChI is InChI=1S/C20H18FN3O2S/c1-3-12-24-18(16-6-4-5-7-17(16)21)22-23-20(24)27-13-14-8-10-15(11-9-14)19(25)26-2/h3-11H,1,12-13H2,2H3. The van der Waals surface area contributed by atoms with Crippen molar-refractivity contribution < 1.29 is 13.9 Å². The van der Waals surface area contributed by atoms with Crippen molar-refractivity contribution in [2.45, 2.75) is 17.5 Å². The third kappa shape index (κ3) is 4.25. The van der Waals surface area contributed by atoms with E-state index < -0.39 is 0 Å². The maximum absolute atomic E-state index is 14.1. The first-order valence-electron chi connectivity index (χ1n) is 8.23. The van der Waals surface area contributed by atoms with Gasteiger partial charge in [-0.2, -0.15) is 0 Å². The quantitative estimate of drug-likeness (QED) is 0.345. The summed E-state index contributed by atoms with van der Waals surface area (Å²) in [5.41, 5.74) is 1.93. The van der Waals surface area contributed by atoms with Crippen LogP contribution in [0.2, 0.25) is 0 Å². The maximum atomic E-state index is 14.1. The largest absolute Gasteiger partial charge is 0.465 e. The lowest BCUT2D eigenvalue weighted by molar-refractivity contribution is 0.0600. The number of benzene rings is 2. The number of rotatable bonds is 7. The van der Waals surface area contributed by atoms with Crippen LogP contribution < -0.4 is 0 Å². The molecule has 1 aromatic heterocycles. The highest BCUT2D eigenvalue weighted by Gasteiger charge is 2.16. The molecular formula is C20H18FN3O2S. The third-order valence-corrected chi connectivity index (χ3v) is 4.92. The normalized spacial score (nSPS) is 10.6. The first-order valence-corrected chi connectivity index (χ1v) is 9.21. The second-order valence-electron chi connectivity index (χ2n) is 5.66. The summed E-state index contributed by atoms with van der Waals surface area (Å²) in [6.07, 6.45) is 1.73. The van der Waals surface area contributed by atoms with E-state index in [1.165, 1.54) is 24.9 Å². The Morgan fingerprint density at radius 1 is 1.22 bits per heavy atom. The molecule has 0 amide bonds. The fourth-order valence-electron chi connectivity index (χ4n) is 2.53. The summed E-state index contributed by atoms with van der Waals surface area (Å²) in [6, 6.07) is 13.7. The number of methoxy groups -OCH3 is 1. The maximum Gasteiger partial charge on any atom is 0.337 e. The van der Waals surface area contributed by atoms with E-state index in [2.05, 4.69) is 16.8 Å². The van der Waals surface area contributed by atoms with Gasteiger partial charge in [0.25, 0.3) is 0 Å². The van der Waals surface area contributed by atoms with Crippen LogP contribution in [0.3, 0.4) is 0 Å². The zero-order chi connectivity index (χ0) is 19.2. The average Bonchev–Trinajstić information content (AvgIpc) is 3.09. The molecule has 0 aliphatic rings. The summed E-state index contributed by atoms with van der Waals surface area (Å²) in [4.78, 5) is 11.5. The Bertz CT molecular complexity index is 954. The van der Waals surface area contributed by atoms with Crippen LogP contribution in [0.1, 0.15) is 15.9 Å². The third-order valence-electron chi connectivity index (χ3n) is 3.89. The Labute approximate surface area is 160 Å². The first kappa shape index (κ1) is 18.8. The number of hydrogen-bond acceptors (Lipinski definition) is 5. The number of esters is 1. The van der Waals surface area contributed by atoms with Crippen LogP contribution in [0.25, 0.3) is 11.4 Å². The van der Waals surface area contributed by atoms with Crippen LogP contribution >= 0.6 is 11.8 Å². The van der Waals surface area contributed by atoms with Crippen LogP contribution in [-0.2, 0) is 17.0 Å². The van der Waals surface area contributed by atoms with Gasteiger partial charge in [0.05, 0.1) is 18.2 Å². The molecule has 0 spiro atoms. The minimum absolute atomic E-state index is 0.342. The molecule has 5 nitrogen and oxygen atoms in total. The van der Waals surface area contributed by atoms with Crippen molar-refractivity contribution in [1.29, 1.82) is 0 Å². The highest BCUT2D eigenvalue weighted by atomic mass is 32.2. The molecule has 0 saturated carbocycles. The summed E-state index contributed by atoms with van der Waals surface area (Å²) in [6.45, 7) is 4.24. The van der Waals surface area contributed by atoms with Crippen molar-refractivity contribution in [2.75, 3.05) is 7.11 Å². The van der Waals surface area contributed by atoms with Crippen LogP contribution in [0.4, 0.5) is 4.39 Å². The van der Waals surface area contributed by atoms with Gasteiger partial charge in [-0.3, -0.25) is 4.57 Å². The molecule has 0 fully saturated rings. The SMILES string of the molecule is C=CCn1c(SCc2ccc(C(=O)OC)cc2)nnc1-c1ccccc1F. The number of carbonyl (C=O) groups is 1. The summed E-state index contributed by atoms with van der Waals surface area (Å²) < 4.78 is 20.7. The predicted octanol–water partition coefficient (Wildman–Crippen LogP) is 4.35. The summed E-state index contributed by atoms with van der Waals surface area (Å²) in [5, 5.41) is 9.05. The van der Waals surface area contributed by atoms with Gasteiger partial charge in [-0.25, -0.2) is 9.18 Å². The van der Waals surface area contributed by atoms with E-state index in [1.807, 2.05) is 16.7 Å². The van der Waals surface area contributed by atoms with E-state index in [0.29, 0.717) is 34.4 Å². The van der Waals surface area contributed by atoms with Gasteiger partial charge < -0.3 is 4.74 Å². The molecule has 0 N–H and O–H groups in total. The number of ether oxygens (including phenoxy) is 1. The number of hydrogen-bond donors (Lipinski definition) is 0. The second-order valence-corrected chi connectivity index (χ2v) is 6.60. The summed E-state index contributed by atoms with van der Waals surface area (Å²) >= 11 is 1.48. The highest BCUT2D eigenvalue weighted by molar-refractivity contribution is 7.98. The van der Waals surface area contributed by atoms with E-state index in [1.54, 1.807) is 36.4 Å².